The van der Waals surface area contributed by atoms with Gasteiger partial charge >= 0.3 is 0 Å². The molecule has 0 saturated heterocycles. The fraction of sp³-hybridized carbons (Fsp3) is 0.211. The number of aryl methyl sites for hydroxylation is 2. The first-order valence-corrected chi connectivity index (χ1v) is 7.92. The van der Waals surface area contributed by atoms with Gasteiger partial charge in [-0.2, -0.15) is 0 Å². The predicted molar refractivity (Wildman–Crippen MR) is 93.7 cm³/mol. The average molecular weight is 337 g/mol. The molecule has 0 spiro atoms. The zero-order valence-electron chi connectivity index (χ0n) is 14.4. The summed E-state index contributed by atoms with van der Waals surface area (Å²) in [5.74, 6) is 1.45. The number of ether oxygens (including phenoxy) is 1. The van der Waals surface area contributed by atoms with Crippen molar-refractivity contribution in [2.24, 2.45) is 0 Å². The van der Waals surface area contributed by atoms with Crippen molar-refractivity contribution in [3.05, 3.63) is 70.9 Å². The minimum Gasteiger partial charge on any atom is -0.484 e. The van der Waals surface area contributed by atoms with Crippen LogP contribution in [-0.4, -0.2) is 16.1 Å². The van der Waals surface area contributed by atoms with Crippen LogP contribution in [0.3, 0.4) is 0 Å². The summed E-state index contributed by atoms with van der Waals surface area (Å²) in [5, 5.41) is 10.5. The van der Waals surface area contributed by atoms with Crippen LogP contribution in [0.1, 0.15) is 33.3 Å². The number of benzene rings is 2. The Labute approximate surface area is 145 Å². The van der Waals surface area contributed by atoms with Crippen molar-refractivity contribution in [1.29, 1.82) is 0 Å². The zero-order valence-corrected chi connectivity index (χ0v) is 14.4. The summed E-state index contributed by atoms with van der Waals surface area (Å²) >= 11 is 0. The van der Waals surface area contributed by atoms with E-state index in [9.17, 15) is 4.79 Å². The van der Waals surface area contributed by atoms with E-state index in [0.717, 1.165) is 11.1 Å². The summed E-state index contributed by atoms with van der Waals surface area (Å²) < 4.78 is 10.8. The van der Waals surface area contributed by atoms with Gasteiger partial charge in [0.05, 0.1) is 0 Å². The first kappa shape index (κ1) is 16.7. The Hall–Kier alpha value is -3.15. The summed E-state index contributed by atoms with van der Waals surface area (Å²) in [6, 6.07) is 12.8. The van der Waals surface area contributed by atoms with E-state index in [1.54, 1.807) is 31.2 Å². The van der Waals surface area contributed by atoms with Gasteiger partial charge in [0.1, 0.15) is 5.75 Å². The van der Waals surface area contributed by atoms with Crippen LogP contribution in [0.25, 0.3) is 0 Å². The van der Waals surface area contributed by atoms with Gasteiger partial charge < -0.3 is 14.5 Å². The van der Waals surface area contributed by atoms with Crippen LogP contribution in [0, 0.1) is 20.8 Å². The highest BCUT2D eigenvalue weighted by Gasteiger charge is 2.10. The molecule has 0 unspecified atom stereocenters. The first-order valence-electron chi connectivity index (χ1n) is 7.92. The van der Waals surface area contributed by atoms with Gasteiger partial charge in [0.25, 0.3) is 11.8 Å². The van der Waals surface area contributed by atoms with E-state index in [-0.39, 0.29) is 12.5 Å². The van der Waals surface area contributed by atoms with Crippen molar-refractivity contribution in [3.8, 4) is 5.75 Å². The molecule has 0 fully saturated rings. The Morgan fingerprint density at radius 1 is 1.08 bits per heavy atom. The van der Waals surface area contributed by atoms with Crippen LogP contribution >= 0.6 is 0 Å². The number of anilines is 1. The first-order chi connectivity index (χ1) is 12.0. The third kappa shape index (κ3) is 4.03. The number of rotatable bonds is 5. The molecule has 1 N–H and O–H groups in total. The number of nitrogens with zero attached hydrogens (tertiary/aromatic N) is 2. The van der Waals surface area contributed by atoms with E-state index in [1.807, 2.05) is 32.0 Å². The molecule has 0 radical (unpaired) electrons. The summed E-state index contributed by atoms with van der Waals surface area (Å²) in [5.41, 5.74) is 3.45. The number of carbonyl (C=O) groups is 1. The molecule has 6 heteroatoms. The standard InChI is InChI=1S/C19H19N3O3/c1-12-5-4-6-17(13(12)2)19(23)20-15-7-9-16(10-8-15)24-11-18-22-21-14(3)25-18/h4-10H,11H2,1-3H3,(H,20,23). The quantitative estimate of drug-likeness (QED) is 0.766. The molecule has 128 valence electrons. The maximum Gasteiger partial charge on any atom is 0.255 e. The van der Waals surface area contributed by atoms with Crippen molar-refractivity contribution < 1.29 is 13.9 Å². The van der Waals surface area contributed by atoms with Crippen LogP contribution in [0.5, 0.6) is 5.75 Å². The number of hydrogen-bond acceptors (Lipinski definition) is 5. The van der Waals surface area contributed by atoms with Gasteiger partial charge in [0.2, 0.25) is 5.89 Å². The molecule has 3 aromatic rings. The van der Waals surface area contributed by atoms with E-state index in [0.29, 0.717) is 28.8 Å². The molecule has 0 aliphatic rings. The third-order valence-electron chi connectivity index (χ3n) is 3.89. The Kier molecular flexibility index (Phi) is 4.79. The average Bonchev–Trinajstić information content (AvgIpc) is 3.02. The van der Waals surface area contributed by atoms with Gasteiger partial charge in [-0.3, -0.25) is 4.79 Å². The molecule has 25 heavy (non-hydrogen) atoms. The highest BCUT2D eigenvalue weighted by atomic mass is 16.5. The van der Waals surface area contributed by atoms with Crippen molar-refractivity contribution in [2.75, 3.05) is 5.32 Å². The van der Waals surface area contributed by atoms with E-state index in [1.165, 1.54) is 0 Å². The van der Waals surface area contributed by atoms with Gasteiger partial charge in [-0.15, -0.1) is 10.2 Å². The van der Waals surface area contributed by atoms with E-state index < -0.39 is 0 Å². The Bertz CT molecular complexity index is 885. The molecule has 0 aliphatic heterocycles. The summed E-state index contributed by atoms with van der Waals surface area (Å²) in [6.07, 6.45) is 0. The normalized spacial score (nSPS) is 10.5. The Morgan fingerprint density at radius 3 is 2.52 bits per heavy atom. The number of nitrogens with one attached hydrogen (secondary N) is 1. The summed E-state index contributed by atoms with van der Waals surface area (Å²) in [6.45, 7) is 5.86. The Morgan fingerprint density at radius 2 is 1.84 bits per heavy atom. The van der Waals surface area contributed by atoms with E-state index in [2.05, 4.69) is 15.5 Å². The van der Waals surface area contributed by atoms with Gasteiger partial charge in [0, 0.05) is 18.2 Å². The molecular weight excluding hydrogens is 318 g/mol. The lowest BCUT2D eigenvalue weighted by molar-refractivity contribution is 0.102. The van der Waals surface area contributed by atoms with Gasteiger partial charge in [-0.1, -0.05) is 12.1 Å². The SMILES string of the molecule is Cc1nnc(COc2ccc(NC(=O)c3cccc(C)c3C)cc2)o1. The van der Waals surface area contributed by atoms with Crippen LogP contribution in [0.4, 0.5) is 5.69 Å². The van der Waals surface area contributed by atoms with Crippen molar-refractivity contribution >= 4 is 11.6 Å². The smallest absolute Gasteiger partial charge is 0.255 e. The molecule has 1 aromatic heterocycles. The second-order valence-corrected chi connectivity index (χ2v) is 5.73. The highest BCUT2D eigenvalue weighted by Crippen LogP contribution is 2.19. The molecule has 0 aliphatic carbocycles. The molecule has 2 aromatic carbocycles. The van der Waals surface area contributed by atoms with Crippen LogP contribution in [0.15, 0.2) is 46.9 Å². The molecule has 0 saturated carbocycles. The zero-order chi connectivity index (χ0) is 17.8. The van der Waals surface area contributed by atoms with Crippen LogP contribution < -0.4 is 10.1 Å². The molecule has 0 bridgehead atoms. The van der Waals surface area contributed by atoms with E-state index in [4.69, 9.17) is 9.15 Å². The third-order valence-corrected chi connectivity index (χ3v) is 3.89. The minimum absolute atomic E-state index is 0.129. The second kappa shape index (κ2) is 7.17. The molecular formula is C19H19N3O3. The number of aromatic nitrogens is 2. The lowest BCUT2D eigenvalue weighted by Gasteiger charge is -2.10. The molecule has 3 rings (SSSR count). The fourth-order valence-corrected chi connectivity index (χ4v) is 2.37. The van der Waals surface area contributed by atoms with Crippen molar-refractivity contribution in [3.63, 3.8) is 0 Å². The topological polar surface area (TPSA) is 77.3 Å². The Balaban J connectivity index is 1.62. The molecule has 1 heterocycles. The second-order valence-electron chi connectivity index (χ2n) is 5.73. The largest absolute Gasteiger partial charge is 0.484 e. The minimum atomic E-state index is -0.129. The lowest BCUT2D eigenvalue weighted by atomic mass is 10.0. The van der Waals surface area contributed by atoms with Crippen molar-refractivity contribution in [1.82, 2.24) is 10.2 Å². The number of carbonyl (C=O) groups excluding carboxylic acids is 1. The van der Waals surface area contributed by atoms with E-state index >= 15 is 0 Å². The van der Waals surface area contributed by atoms with Crippen molar-refractivity contribution in [2.45, 2.75) is 27.4 Å². The predicted octanol–water partition coefficient (Wildman–Crippen LogP) is 3.83. The highest BCUT2D eigenvalue weighted by molar-refractivity contribution is 6.05. The van der Waals surface area contributed by atoms with Crippen LogP contribution in [-0.2, 0) is 6.61 Å². The van der Waals surface area contributed by atoms with Gasteiger partial charge in [-0.25, -0.2) is 0 Å². The molecule has 1 amide bonds. The molecule has 0 atom stereocenters. The summed E-state index contributed by atoms with van der Waals surface area (Å²) in [4.78, 5) is 12.4. The molecule has 6 nitrogen and oxygen atoms in total. The maximum atomic E-state index is 12.4. The van der Waals surface area contributed by atoms with Crippen LogP contribution in [0.2, 0.25) is 0 Å². The fourth-order valence-electron chi connectivity index (χ4n) is 2.37. The van der Waals surface area contributed by atoms with Gasteiger partial charge in [0.15, 0.2) is 6.61 Å². The van der Waals surface area contributed by atoms with Gasteiger partial charge in [-0.05, 0) is 55.3 Å². The lowest BCUT2D eigenvalue weighted by Crippen LogP contribution is -2.13. The summed E-state index contributed by atoms with van der Waals surface area (Å²) in [7, 11) is 0. The maximum absolute atomic E-state index is 12.4. The number of hydrogen-bond donors (Lipinski definition) is 1. The number of amides is 1. The monoisotopic (exact) mass is 337 g/mol.